The molecule has 0 aliphatic carbocycles. The monoisotopic (exact) mass is 308 g/mol. The summed E-state index contributed by atoms with van der Waals surface area (Å²) in [6, 6.07) is 0. The first-order chi connectivity index (χ1) is 10.1. The number of hydrogen-bond acceptors (Lipinski definition) is 0. The van der Waals surface area contributed by atoms with E-state index in [1.807, 2.05) is 0 Å². The third kappa shape index (κ3) is 5.61. The van der Waals surface area contributed by atoms with Gasteiger partial charge in [-0.1, -0.05) is 87.9 Å². The molecule has 0 amide bonds. The van der Waals surface area contributed by atoms with E-state index < -0.39 is 0 Å². The highest BCUT2D eigenvalue weighted by molar-refractivity contribution is 6.12. The molecule has 0 radical (unpaired) electrons. The molecule has 0 spiro atoms. The van der Waals surface area contributed by atoms with Crippen LogP contribution in [0.3, 0.4) is 0 Å². The summed E-state index contributed by atoms with van der Waals surface area (Å²) >= 11 is 0. The Morgan fingerprint density at radius 2 is 0.818 bits per heavy atom. The lowest BCUT2D eigenvalue weighted by atomic mass is 9.60. The lowest BCUT2D eigenvalue weighted by Gasteiger charge is -2.40. The fraction of sp³-hybridized carbons (Fsp3) is 1.00. The lowest BCUT2D eigenvalue weighted by Crippen LogP contribution is -2.32. The van der Waals surface area contributed by atoms with Gasteiger partial charge in [0.25, 0.3) is 0 Å². The molecule has 0 aromatic carbocycles. The van der Waals surface area contributed by atoms with Gasteiger partial charge in [0.15, 0.2) is 0 Å². The van der Waals surface area contributed by atoms with Crippen LogP contribution in [-0.2, 0) is 0 Å². The van der Waals surface area contributed by atoms with Crippen molar-refractivity contribution >= 4 is 7.85 Å². The molecule has 9 atom stereocenters. The fourth-order valence-electron chi connectivity index (χ4n) is 4.17. The van der Waals surface area contributed by atoms with Crippen LogP contribution < -0.4 is 0 Å². The zero-order valence-electron chi connectivity index (χ0n) is 17.6. The SMILES string of the molecule is BC(C(C)CC)C(C)C(C)C(C)C(C)C(C)C(C)C(C)CC. The molecule has 0 fully saturated rings. The summed E-state index contributed by atoms with van der Waals surface area (Å²) in [5, 5.41) is 0. The van der Waals surface area contributed by atoms with Gasteiger partial charge in [-0.25, -0.2) is 0 Å². The highest BCUT2D eigenvalue weighted by Crippen LogP contribution is 2.41. The van der Waals surface area contributed by atoms with Gasteiger partial charge in [-0.15, -0.1) is 0 Å². The number of rotatable bonds is 10. The second-order valence-electron chi connectivity index (χ2n) is 8.78. The minimum atomic E-state index is 0.808. The van der Waals surface area contributed by atoms with E-state index >= 15 is 0 Å². The van der Waals surface area contributed by atoms with E-state index in [2.05, 4.69) is 77.1 Å². The molecule has 0 aromatic heterocycles. The van der Waals surface area contributed by atoms with Gasteiger partial charge in [0.1, 0.15) is 7.85 Å². The Balaban J connectivity index is 4.82. The molecular formula is C21H45B. The molecule has 22 heavy (non-hydrogen) atoms. The van der Waals surface area contributed by atoms with Crippen LogP contribution in [0.4, 0.5) is 0 Å². The number of hydrogen-bond donors (Lipinski definition) is 0. The van der Waals surface area contributed by atoms with Crippen molar-refractivity contribution in [2.75, 3.05) is 0 Å². The molecule has 0 bridgehead atoms. The molecule has 0 saturated heterocycles. The maximum absolute atomic E-state index is 2.51. The highest BCUT2D eigenvalue weighted by Gasteiger charge is 2.33. The van der Waals surface area contributed by atoms with Crippen LogP contribution in [0.5, 0.6) is 0 Å². The van der Waals surface area contributed by atoms with Crippen LogP contribution in [-0.4, -0.2) is 7.85 Å². The van der Waals surface area contributed by atoms with Gasteiger partial charge in [0, 0.05) is 0 Å². The molecule has 0 rings (SSSR count). The topological polar surface area (TPSA) is 0 Å². The Morgan fingerprint density at radius 1 is 0.500 bits per heavy atom. The maximum Gasteiger partial charge on any atom is 0.106 e. The van der Waals surface area contributed by atoms with Gasteiger partial charge in [-0.05, 0) is 47.3 Å². The Hall–Kier alpha value is 0.0649. The zero-order chi connectivity index (χ0) is 17.6. The van der Waals surface area contributed by atoms with Crippen LogP contribution in [0.25, 0.3) is 0 Å². The van der Waals surface area contributed by atoms with Crippen molar-refractivity contribution in [1.29, 1.82) is 0 Å². The zero-order valence-corrected chi connectivity index (χ0v) is 17.6. The summed E-state index contributed by atoms with van der Waals surface area (Å²) in [5.41, 5.74) is 0. The Morgan fingerprint density at radius 3 is 1.18 bits per heavy atom. The Labute approximate surface area is 143 Å². The van der Waals surface area contributed by atoms with E-state index in [9.17, 15) is 0 Å². The van der Waals surface area contributed by atoms with Crippen molar-refractivity contribution in [3.05, 3.63) is 0 Å². The standard InChI is InChI=1S/C21H45B/c1-11-13(3)15(5)16(6)17(7)18(8)19(9)20(10)21(22)14(4)12-2/h13-21H,11-12,22H2,1-10H3. The third-order valence-electron chi connectivity index (χ3n) is 8.06. The van der Waals surface area contributed by atoms with Gasteiger partial charge in [-0.2, -0.15) is 0 Å². The van der Waals surface area contributed by atoms with Crippen LogP contribution in [0, 0.1) is 47.3 Å². The van der Waals surface area contributed by atoms with Crippen LogP contribution in [0.15, 0.2) is 0 Å². The van der Waals surface area contributed by atoms with Crippen molar-refractivity contribution in [3.63, 3.8) is 0 Å². The molecule has 0 aromatic rings. The first-order valence-electron chi connectivity index (χ1n) is 10.1. The van der Waals surface area contributed by atoms with Gasteiger partial charge in [0.05, 0.1) is 0 Å². The van der Waals surface area contributed by atoms with E-state index in [1.54, 1.807) is 0 Å². The first kappa shape index (κ1) is 22.1. The largest absolute Gasteiger partial charge is 0.106 e. The molecule has 1 heteroatoms. The summed E-state index contributed by atoms with van der Waals surface area (Å²) in [5.74, 6) is 7.41. The predicted molar refractivity (Wildman–Crippen MR) is 106 cm³/mol. The molecule has 0 aliphatic rings. The van der Waals surface area contributed by atoms with Crippen molar-refractivity contribution in [2.45, 2.75) is 87.9 Å². The second kappa shape index (κ2) is 10.0. The minimum absolute atomic E-state index is 0.808. The van der Waals surface area contributed by atoms with Gasteiger partial charge in [0.2, 0.25) is 0 Å². The Bertz CT molecular complexity index is 260. The molecule has 0 aliphatic heterocycles. The van der Waals surface area contributed by atoms with Crippen molar-refractivity contribution in [2.24, 2.45) is 47.3 Å². The van der Waals surface area contributed by atoms with Gasteiger partial charge >= 0.3 is 0 Å². The normalized spacial score (nSPS) is 24.6. The van der Waals surface area contributed by atoms with E-state index in [-0.39, 0.29) is 0 Å². The predicted octanol–water partition coefficient (Wildman–Crippen LogP) is 6.32. The Kier molecular flexibility index (Phi) is 10.1. The maximum atomic E-state index is 2.51. The second-order valence-corrected chi connectivity index (χ2v) is 8.78. The summed E-state index contributed by atoms with van der Waals surface area (Å²) in [6.45, 7) is 24.5. The molecule has 0 heterocycles. The van der Waals surface area contributed by atoms with Crippen LogP contribution >= 0.6 is 0 Å². The molecule has 0 N–H and O–H groups in total. The van der Waals surface area contributed by atoms with E-state index in [0.29, 0.717) is 0 Å². The summed E-state index contributed by atoms with van der Waals surface area (Å²) in [7, 11) is 2.47. The molecule has 132 valence electrons. The van der Waals surface area contributed by atoms with E-state index in [1.165, 1.54) is 12.8 Å². The quantitative estimate of drug-likeness (QED) is 0.414. The first-order valence-corrected chi connectivity index (χ1v) is 10.1. The van der Waals surface area contributed by atoms with Gasteiger partial charge < -0.3 is 0 Å². The summed E-state index contributed by atoms with van der Waals surface area (Å²) in [4.78, 5) is 0. The minimum Gasteiger partial charge on any atom is -0.0651 e. The van der Waals surface area contributed by atoms with Gasteiger partial charge in [-0.3, -0.25) is 0 Å². The van der Waals surface area contributed by atoms with Crippen LogP contribution in [0.2, 0.25) is 5.82 Å². The van der Waals surface area contributed by atoms with Crippen LogP contribution in [0.1, 0.15) is 82.1 Å². The fourth-order valence-corrected chi connectivity index (χ4v) is 4.17. The smallest absolute Gasteiger partial charge is 0.0651 e. The summed E-state index contributed by atoms with van der Waals surface area (Å²) < 4.78 is 0. The van der Waals surface area contributed by atoms with Crippen molar-refractivity contribution < 1.29 is 0 Å². The van der Waals surface area contributed by atoms with E-state index in [4.69, 9.17) is 0 Å². The molecule has 9 unspecified atom stereocenters. The average Bonchev–Trinajstić information content (AvgIpc) is 2.55. The average molecular weight is 308 g/mol. The van der Waals surface area contributed by atoms with Crippen molar-refractivity contribution in [3.8, 4) is 0 Å². The third-order valence-corrected chi connectivity index (χ3v) is 8.06. The highest BCUT2D eigenvalue weighted by atomic mass is 14.4. The molecule has 0 nitrogen and oxygen atoms in total. The summed E-state index contributed by atoms with van der Waals surface area (Å²) in [6.07, 6.45) is 2.62. The molecular weight excluding hydrogens is 263 g/mol. The lowest BCUT2D eigenvalue weighted by molar-refractivity contribution is 0.111. The van der Waals surface area contributed by atoms with Crippen molar-refractivity contribution in [1.82, 2.24) is 0 Å². The van der Waals surface area contributed by atoms with E-state index in [0.717, 1.165) is 53.2 Å². The molecule has 0 saturated carbocycles.